The summed E-state index contributed by atoms with van der Waals surface area (Å²) in [4.78, 5) is 4.20. The summed E-state index contributed by atoms with van der Waals surface area (Å²) in [7, 11) is 3.68. The number of methoxy groups -OCH3 is 1. The molecule has 2 N–H and O–H groups in total. The molecule has 1 aromatic rings. The molecule has 0 saturated heterocycles. The van der Waals surface area contributed by atoms with Crippen LogP contribution in [-0.4, -0.2) is 31.3 Å². The third-order valence-electron chi connectivity index (χ3n) is 3.83. The molecule has 0 aliphatic heterocycles. The number of anilines is 2. The highest BCUT2D eigenvalue weighted by Crippen LogP contribution is 2.44. The largest absolute Gasteiger partial charge is 0.387 e. The van der Waals surface area contributed by atoms with Gasteiger partial charge in [0.2, 0.25) is 0 Å². The molecule has 94 valence electrons. The molecule has 0 radical (unpaired) electrons. The first-order valence-electron chi connectivity index (χ1n) is 6.00. The number of aromatic nitrogens is 1. The molecule has 4 heteroatoms. The van der Waals surface area contributed by atoms with Crippen molar-refractivity contribution < 1.29 is 4.74 Å². The fraction of sp³-hybridized carbons (Fsp3) is 0.615. The fourth-order valence-corrected chi connectivity index (χ4v) is 2.39. The zero-order chi connectivity index (χ0) is 12.5. The van der Waals surface area contributed by atoms with Crippen LogP contribution in [0.2, 0.25) is 0 Å². The summed E-state index contributed by atoms with van der Waals surface area (Å²) in [5.41, 5.74) is 2.25. The van der Waals surface area contributed by atoms with Crippen molar-refractivity contribution in [1.82, 2.24) is 4.98 Å². The lowest BCUT2D eigenvalue weighted by Crippen LogP contribution is -2.57. The van der Waals surface area contributed by atoms with Crippen molar-refractivity contribution in [1.29, 1.82) is 0 Å². The van der Waals surface area contributed by atoms with Gasteiger partial charge in [-0.3, -0.25) is 4.98 Å². The molecule has 2 rings (SSSR count). The number of pyridine rings is 1. The van der Waals surface area contributed by atoms with E-state index in [1.54, 1.807) is 7.11 Å². The first kappa shape index (κ1) is 12.2. The SMILES string of the molecule is CNc1cncc(NC2CC(OC)C2(C)C)c1. The third kappa shape index (κ3) is 2.22. The summed E-state index contributed by atoms with van der Waals surface area (Å²) in [5, 5.41) is 6.62. The Labute approximate surface area is 103 Å². The van der Waals surface area contributed by atoms with Gasteiger partial charge in [0.25, 0.3) is 0 Å². The maximum atomic E-state index is 5.45. The molecule has 0 amide bonds. The van der Waals surface area contributed by atoms with Crippen molar-refractivity contribution >= 4 is 11.4 Å². The van der Waals surface area contributed by atoms with Gasteiger partial charge >= 0.3 is 0 Å². The van der Waals surface area contributed by atoms with Gasteiger partial charge in [0.1, 0.15) is 0 Å². The maximum Gasteiger partial charge on any atom is 0.0661 e. The van der Waals surface area contributed by atoms with Crippen LogP contribution in [0.4, 0.5) is 11.4 Å². The quantitative estimate of drug-likeness (QED) is 0.841. The lowest BCUT2D eigenvalue weighted by molar-refractivity contribution is -0.0794. The first-order valence-corrected chi connectivity index (χ1v) is 6.00. The van der Waals surface area contributed by atoms with E-state index in [0.29, 0.717) is 12.1 Å². The molecular formula is C13H21N3O. The summed E-state index contributed by atoms with van der Waals surface area (Å²) >= 11 is 0. The van der Waals surface area contributed by atoms with Gasteiger partial charge in [-0.15, -0.1) is 0 Å². The molecule has 1 saturated carbocycles. The first-order chi connectivity index (χ1) is 8.07. The zero-order valence-electron chi connectivity index (χ0n) is 10.9. The Kier molecular flexibility index (Phi) is 3.24. The maximum absolute atomic E-state index is 5.45. The third-order valence-corrected chi connectivity index (χ3v) is 3.83. The molecule has 0 bridgehead atoms. The molecule has 0 aromatic carbocycles. The van der Waals surface area contributed by atoms with E-state index in [4.69, 9.17) is 4.74 Å². The number of ether oxygens (including phenoxy) is 1. The Hall–Kier alpha value is -1.29. The summed E-state index contributed by atoms with van der Waals surface area (Å²) in [6.07, 6.45) is 5.07. The van der Waals surface area contributed by atoms with Gasteiger partial charge in [-0.1, -0.05) is 13.8 Å². The van der Waals surface area contributed by atoms with Gasteiger partial charge in [0.05, 0.1) is 29.9 Å². The Morgan fingerprint density at radius 3 is 2.65 bits per heavy atom. The van der Waals surface area contributed by atoms with Crippen LogP contribution in [0.25, 0.3) is 0 Å². The van der Waals surface area contributed by atoms with Gasteiger partial charge in [0.15, 0.2) is 0 Å². The minimum Gasteiger partial charge on any atom is -0.387 e. The summed E-state index contributed by atoms with van der Waals surface area (Å²) < 4.78 is 5.45. The van der Waals surface area contributed by atoms with E-state index in [2.05, 4.69) is 35.5 Å². The van der Waals surface area contributed by atoms with Crippen LogP contribution in [0.3, 0.4) is 0 Å². The van der Waals surface area contributed by atoms with E-state index in [9.17, 15) is 0 Å². The van der Waals surface area contributed by atoms with E-state index >= 15 is 0 Å². The van der Waals surface area contributed by atoms with Crippen molar-refractivity contribution in [2.45, 2.75) is 32.4 Å². The lowest BCUT2D eigenvalue weighted by atomic mass is 9.64. The molecule has 2 atom stereocenters. The average molecular weight is 235 g/mol. The van der Waals surface area contributed by atoms with Crippen LogP contribution in [0.15, 0.2) is 18.5 Å². The van der Waals surface area contributed by atoms with E-state index in [1.165, 1.54) is 0 Å². The molecule has 1 aliphatic rings. The highest BCUT2D eigenvalue weighted by molar-refractivity contribution is 5.54. The monoisotopic (exact) mass is 235 g/mol. The van der Waals surface area contributed by atoms with Gasteiger partial charge in [-0.05, 0) is 12.5 Å². The fourth-order valence-electron chi connectivity index (χ4n) is 2.39. The highest BCUT2D eigenvalue weighted by Gasteiger charge is 2.48. The Balaban J connectivity index is 2.02. The number of rotatable bonds is 4. The van der Waals surface area contributed by atoms with E-state index in [0.717, 1.165) is 17.8 Å². The van der Waals surface area contributed by atoms with Crippen LogP contribution < -0.4 is 10.6 Å². The van der Waals surface area contributed by atoms with Crippen molar-refractivity contribution in [2.75, 3.05) is 24.8 Å². The van der Waals surface area contributed by atoms with Crippen molar-refractivity contribution in [2.24, 2.45) is 5.41 Å². The normalized spacial score (nSPS) is 26.1. The van der Waals surface area contributed by atoms with Gasteiger partial charge < -0.3 is 15.4 Å². The van der Waals surface area contributed by atoms with Crippen LogP contribution in [0, 0.1) is 5.41 Å². The second kappa shape index (κ2) is 4.53. The second-order valence-corrected chi connectivity index (χ2v) is 5.19. The Morgan fingerprint density at radius 2 is 2.06 bits per heavy atom. The predicted molar refractivity (Wildman–Crippen MR) is 70.4 cm³/mol. The average Bonchev–Trinajstić information content (AvgIpc) is 2.34. The van der Waals surface area contributed by atoms with Gasteiger partial charge in [0, 0.05) is 25.6 Å². The summed E-state index contributed by atoms with van der Waals surface area (Å²) in [6.45, 7) is 4.47. The van der Waals surface area contributed by atoms with Gasteiger partial charge in [-0.2, -0.15) is 0 Å². The number of nitrogens with zero attached hydrogens (tertiary/aromatic N) is 1. The minimum absolute atomic E-state index is 0.171. The standard InChI is InChI=1S/C13H21N3O/c1-13(2)11(6-12(13)17-4)16-10-5-9(14-3)7-15-8-10/h5,7-8,11-12,14,16H,6H2,1-4H3. The Morgan fingerprint density at radius 1 is 1.35 bits per heavy atom. The highest BCUT2D eigenvalue weighted by atomic mass is 16.5. The number of nitrogens with one attached hydrogen (secondary N) is 2. The zero-order valence-corrected chi connectivity index (χ0v) is 10.9. The van der Waals surface area contributed by atoms with Crippen LogP contribution in [0.5, 0.6) is 0 Å². The molecule has 1 fully saturated rings. The van der Waals surface area contributed by atoms with E-state index < -0.39 is 0 Å². The molecule has 0 spiro atoms. The summed E-state index contributed by atoms with van der Waals surface area (Å²) in [6, 6.07) is 2.52. The minimum atomic E-state index is 0.171. The predicted octanol–water partition coefficient (Wildman–Crippen LogP) is 2.35. The molecule has 17 heavy (non-hydrogen) atoms. The van der Waals surface area contributed by atoms with Crippen LogP contribution in [-0.2, 0) is 4.74 Å². The molecule has 4 nitrogen and oxygen atoms in total. The van der Waals surface area contributed by atoms with Crippen molar-refractivity contribution in [3.8, 4) is 0 Å². The molecule has 2 unspecified atom stereocenters. The molecular weight excluding hydrogens is 214 g/mol. The topological polar surface area (TPSA) is 46.2 Å². The lowest BCUT2D eigenvalue weighted by Gasteiger charge is -2.51. The van der Waals surface area contributed by atoms with E-state index in [-0.39, 0.29) is 5.41 Å². The van der Waals surface area contributed by atoms with Crippen LogP contribution >= 0.6 is 0 Å². The smallest absolute Gasteiger partial charge is 0.0661 e. The molecule has 1 heterocycles. The van der Waals surface area contributed by atoms with Gasteiger partial charge in [-0.25, -0.2) is 0 Å². The van der Waals surface area contributed by atoms with Crippen LogP contribution in [0.1, 0.15) is 20.3 Å². The van der Waals surface area contributed by atoms with Crippen molar-refractivity contribution in [3.05, 3.63) is 18.5 Å². The van der Waals surface area contributed by atoms with Crippen molar-refractivity contribution in [3.63, 3.8) is 0 Å². The number of hydrogen-bond donors (Lipinski definition) is 2. The molecule has 1 aliphatic carbocycles. The number of hydrogen-bond acceptors (Lipinski definition) is 4. The molecule has 1 aromatic heterocycles. The second-order valence-electron chi connectivity index (χ2n) is 5.19. The summed E-state index contributed by atoms with van der Waals surface area (Å²) in [5.74, 6) is 0. The van der Waals surface area contributed by atoms with E-state index in [1.807, 2.05) is 19.4 Å². The Bertz CT molecular complexity index is 392.